The first-order chi connectivity index (χ1) is 6.27. The molecule has 0 aliphatic rings. The molecule has 0 saturated carbocycles. The molecule has 2 aromatic rings. The summed E-state index contributed by atoms with van der Waals surface area (Å²) in [6.45, 7) is 1.98. The molecule has 0 spiro atoms. The Hall–Kier alpha value is -1.70. The summed E-state index contributed by atoms with van der Waals surface area (Å²) in [5.41, 5.74) is 2.17. The summed E-state index contributed by atoms with van der Waals surface area (Å²) < 4.78 is 2.02. The minimum absolute atomic E-state index is 0.313. The van der Waals surface area contributed by atoms with E-state index >= 15 is 0 Å². The molecule has 66 valence electrons. The van der Waals surface area contributed by atoms with Gasteiger partial charge in [0.05, 0.1) is 0 Å². The number of phenols is 1. The third-order valence-electron chi connectivity index (χ3n) is 2.06. The Labute approximate surface area is 77.1 Å². The summed E-state index contributed by atoms with van der Waals surface area (Å²) in [5, 5.41) is 9.23. The summed E-state index contributed by atoms with van der Waals surface area (Å²) in [6.07, 6.45) is 3.97. The molecule has 2 nitrogen and oxygen atoms in total. The van der Waals surface area contributed by atoms with Crippen LogP contribution in [0.1, 0.15) is 5.56 Å². The average molecular weight is 173 g/mol. The standard InChI is InChI=1S/C11H11NO/c1-9-8-10(13)4-5-11(9)12-6-2-3-7-12/h2-8,13H,1H3. The van der Waals surface area contributed by atoms with Crippen molar-refractivity contribution >= 4 is 0 Å². The van der Waals surface area contributed by atoms with Gasteiger partial charge in [-0.25, -0.2) is 0 Å². The maximum absolute atomic E-state index is 9.23. The van der Waals surface area contributed by atoms with Crippen molar-refractivity contribution in [1.82, 2.24) is 4.57 Å². The Kier molecular flexibility index (Phi) is 1.81. The Morgan fingerprint density at radius 2 is 1.85 bits per heavy atom. The topological polar surface area (TPSA) is 25.2 Å². The maximum Gasteiger partial charge on any atom is 0.115 e. The van der Waals surface area contributed by atoms with E-state index in [2.05, 4.69) is 0 Å². The highest BCUT2D eigenvalue weighted by Gasteiger charge is 1.99. The number of aromatic hydroxyl groups is 1. The highest BCUT2D eigenvalue weighted by Crippen LogP contribution is 2.19. The molecule has 0 saturated heterocycles. The van der Waals surface area contributed by atoms with Crippen LogP contribution in [0, 0.1) is 6.92 Å². The first-order valence-electron chi connectivity index (χ1n) is 4.20. The van der Waals surface area contributed by atoms with E-state index in [9.17, 15) is 5.11 Å². The van der Waals surface area contributed by atoms with Gasteiger partial charge in [0, 0.05) is 18.1 Å². The van der Waals surface area contributed by atoms with Crippen LogP contribution in [0.2, 0.25) is 0 Å². The van der Waals surface area contributed by atoms with Gasteiger partial charge in [-0.05, 0) is 42.8 Å². The van der Waals surface area contributed by atoms with E-state index < -0.39 is 0 Å². The SMILES string of the molecule is Cc1cc(O)ccc1-n1cccc1. The van der Waals surface area contributed by atoms with Crippen molar-refractivity contribution in [2.24, 2.45) is 0 Å². The third kappa shape index (κ3) is 1.43. The van der Waals surface area contributed by atoms with Gasteiger partial charge in [0.2, 0.25) is 0 Å². The first-order valence-corrected chi connectivity index (χ1v) is 4.20. The zero-order chi connectivity index (χ0) is 9.26. The molecule has 0 amide bonds. The van der Waals surface area contributed by atoms with Gasteiger partial charge in [0.25, 0.3) is 0 Å². The second-order valence-electron chi connectivity index (χ2n) is 3.06. The van der Waals surface area contributed by atoms with Gasteiger partial charge in [0.1, 0.15) is 5.75 Å². The Balaban J connectivity index is 2.53. The van der Waals surface area contributed by atoms with Crippen molar-refractivity contribution < 1.29 is 5.11 Å². The molecule has 0 fully saturated rings. The van der Waals surface area contributed by atoms with Crippen LogP contribution in [0.5, 0.6) is 5.75 Å². The lowest BCUT2D eigenvalue weighted by Gasteiger charge is -2.06. The van der Waals surface area contributed by atoms with Gasteiger partial charge in [-0.1, -0.05) is 0 Å². The minimum atomic E-state index is 0.313. The van der Waals surface area contributed by atoms with Gasteiger partial charge < -0.3 is 9.67 Å². The van der Waals surface area contributed by atoms with Crippen molar-refractivity contribution in [3.05, 3.63) is 48.3 Å². The molecule has 0 bridgehead atoms. The van der Waals surface area contributed by atoms with E-state index in [4.69, 9.17) is 0 Å². The van der Waals surface area contributed by atoms with Gasteiger partial charge in [-0.3, -0.25) is 0 Å². The number of rotatable bonds is 1. The highest BCUT2D eigenvalue weighted by atomic mass is 16.3. The second-order valence-corrected chi connectivity index (χ2v) is 3.06. The quantitative estimate of drug-likeness (QED) is 0.704. The van der Waals surface area contributed by atoms with Crippen LogP contribution in [0.25, 0.3) is 5.69 Å². The summed E-state index contributed by atoms with van der Waals surface area (Å²) in [7, 11) is 0. The van der Waals surface area contributed by atoms with Crippen molar-refractivity contribution in [3.63, 3.8) is 0 Å². The average Bonchev–Trinajstić information content (AvgIpc) is 2.56. The molecule has 0 aliphatic heterocycles. The lowest BCUT2D eigenvalue weighted by molar-refractivity contribution is 0.475. The zero-order valence-electron chi connectivity index (χ0n) is 7.44. The van der Waals surface area contributed by atoms with E-state index in [1.807, 2.05) is 42.1 Å². The molecule has 0 unspecified atom stereocenters. The van der Waals surface area contributed by atoms with E-state index in [0.29, 0.717) is 5.75 Å². The van der Waals surface area contributed by atoms with Crippen LogP contribution in [0.15, 0.2) is 42.7 Å². The molecule has 2 rings (SSSR count). The van der Waals surface area contributed by atoms with E-state index in [1.165, 1.54) is 0 Å². The van der Waals surface area contributed by atoms with Gasteiger partial charge in [-0.2, -0.15) is 0 Å². The van der Waals surface area contributed by atoms with Gasteiger partial charge in [0.15, 0.2) is 0 Å². The highest BCUT2D eigenvalue weighted by molar-refractivity contribution is 5.44. The van der Waals surface area contributed by atoms with Crippen LogP contribution >= 0.6 is 0 Å². The van der Waals surface area contributed by atoms with Gasteiger partial charge >= 0.3 is 0 Å². The van der Waals surface area contributed by atoms with Crippen LogP contribution in [-0.4, -0.2) is 9.67 Å². The van der Waals surface area contributed by atoms with Crippen LogP contribution in [0.3, 0.4) is 0 Å². The van der Waals surface area contributed by atoms with Crippen molar-refractivity contribution in [1.29, 1.82) is 0 Å². The molecule has 0 radical (unpaired) electrons. The second kappa shape index (κ2) is 2.98. The summed E-state index contributed by atoms with van der Waals surface area (Å²) in [5.74, 6) is 0.313. The van der Waals surface area contributed by atoms with Gasteiger partial charge in [-0.15, -0.1) is 0 Å². The lowest BCUT2D eigenvalue weighted by Crippen LogP contribution is -1.92. The Morgan fingerprint density at radius 3 is 2.46 bits per heavy atom. The molecular formula is C11H11NO. The van der Waals surface area contributed by atoms with Crippen molar-refractivity contribution in [3.8, 4) is 11.4 Å². The number of hydrogen-bond donors (Lipinski definition) is 1. The monoisotopic (exact) mass is 173 g/mol. The van der Waals surface area contributed by atoms with Crippen LogP contribution < -0.4 is 0 Å². The summed E-state index contributed by atoms with van der Waals surface area (Å²) in [4.78, 5) is 0. The fourth-order valence-corrected chi connectivity index (χ4v) is 1.42. The molecule has 2 heteroatoms. The van der Waals surface area contributed by atoms with Crippen molar-refractivity contribution in [2.75, 3.05) is 0 Å². The smallest absolute Gasteiger partial charge is 0.115 e. The molecule has 13 heavy (non-hydrogen) atoms. The fourth-order valence-electron chi connectivity index (χ4n) is 1.42. The largest absolute Gasteiger partial charge is 0.508 e. The summed E-state index contributed by atoms with van der Waals surface area (Å²) >= 11 is 0. The molecule has 1 heterocycles. The number of hydrogen-bond acceptors (Lipinski definition) is 1. The van der Waals surface area contributed by atoms with E-state index in [0.717, 1.165) is 11.3 Å². The van der Waals surface area contributed by atoms with Crippen LogP contribution in [-0.2, 0) is 0 Å². The number of aryl methyl sites for hydroxylation is 1. The molecule has 1 aromatic carbocycles. The molecule has 1 aromatic heterocycles. The molecule has 1 N–H and O–H groups in total. The number of nitrogens with zero attached hydrogens (tertiary/aromatic N) is 1. The van der Waals surface area contributed by atoms with Crippen LogP contribution in [0.4, 0.5) is 0 Å². The number of phenolic OH excluding ortho intramolecular Hbond substituents is 1. The number of aromatic nitrogens is 1. The first kappa shape index (κ1) is 7.92. The summed E-state index contributed by atoms with van der Waals surface area (Å²) in [6, 6.07) is 9.32. The predicted octanol–water partition coefficient (Wildman–Crippen LogP) is 2.49. The molecule has 0 aliphatic carbocycles. The third-order valence-corrected chi connectivity index (χ3v) is 2.06. The molecular weight excluding hydrogens is 162 g/mol. The Bertz CT molecular complexity index is 404. The zero-order valence-corrected chi connectivity index (χ0v) is 7.44. The fraction of sp³-hybridized carbons (Fsp3) is 0.0909. The molecule has 0 atom stereocenters. The predicted molar refractivity (Wildman–Crippen MR) is 52.2 cm³/mol. The minimum Gasteiger partial charge on any atom is -0.508 e. The van der Waals surface area contributed by atoms with E-state index in [1.54, 1.807) is 12.1 Å². The Morgan fingerprint density at radius 1 is 1.15 bits per heavy atom. The van der Waals surface area contributed by atoms with Crippen molar-refractivity contribution in [2.45, 2.75) is 6.92 Å². The maximum atomic E-state index is 9.23. The lowest BCUT2D eigenvalue weighted by atomic mass is 10.2. The van der Waals surface area contributed by atoms with E-state index in [-0.39, 0.29) is 0 Å². The number of benzene rings is 1. The normalized spacial score (nSPS) is 10.2.